The SMILES string of the molecule is C.C.CO[Si](CCC(F)(F)F)(OC)OC(C)(C)C. The number of hydrogen-bond donors (Lipinski definition) is 0. The second-order valence-corrected chi connectivity index (χ2v) is 7.31. The van der Waals surface area contributed by atoms with E-state index in [1.165, 1.54) is 14.2 Å². The molecule has 0 radical (unpaired) electrons. The molecule has 0 atom stereocenters. The van der Waals surface area contributed by atoms with Crippen molar-refractivity contribution in [3.05, 3.63) is 0 Å². The fraction of sp³-hybridized carbons (Fsp3) is 1.00. The van der Waals surface area contributed by atoms with Gasteiger partial charge in [0, 0.05) is 26.7 Å². The van der Waals surface area contributed by atoms with Crippen LogP contribution >= 0.6 is 0 Å². The minimum absolute atomic E-state index is 0. The standard InChI is InChI=1S/C9H19F3O3Si.2CH4/c1-8(2,3)15-16(13-4,14-5)7-6-9(10,11)12;;/h6-7H2,1-5H3;2*1H4. The Morgan fingerprint density at radius 1 is 0.944 bits per heavy atom. The Morgan fingerprint density at radius 2 is 1.33 bits per heavy atom. The van der Waals surface area contributed by atoms with Crippen molar-refractivity contribution in [3.8, 4) is 0 Å². The first kappa shape index (κ1) is 23.0. The second kappa shape index (κ2) is 8.14. The van der Waals surface area contributed by atoms with E-state index < -0.39 is 27.0 Å². The molecule has 3 nitrogen and oxygen atoms in total. The minimum atomic E-state index is -4.23. The van der Waals surface area contributed by atoms with Crippen LogP contribution in [0.15, 0.2) is 0 Å². The molecule has 0 aliphatic carbocycles. The maximum absolute atomic E-state index is 12.1. The van der Waals surface area contributed by atoms with Crippen molar-refractivity contribution >= 4 is 8.80 Å². The maximum Gasteiger partial charge on any atom is 0.501 e. The van der Waals surface area contributed by atoms with E-state index in [9.17, 15) is 13.2 Å². The average molecular weight is 292 g/mol. The molecule has 0 aromatic rings. The third kappa shape index (κ3) is 9.87. The minimum Gasteiger partial charge on any atom is -0.377 e. The van der Waals surface area contributed by atoms with Gasteiger partial charge in [0.1, 0.15) is 0 Å². The van der Waals surface area contributed by atoms with E-state index in [1.54, 1.807) is 20.8 Å². The molecule has 0 heterocycles. The normalized spacial score (nSPS) is 12.7. The van der Waals surface area contributed by atoms with Crippen molar-refractivity contribution in [2.45, 2.75) is 59.9 Å². The van der Waals surface area contributed by atoms with Gasteiger partial charge in [-0.1, -0.05) is 14.9 Å². The van der Waals surface area contributed by atoms with Gasteiger partial charge in [-0.05, 0) is 20.8 Å². The Kier molecular flexibility index (Phi) is 10.4. The molecule has 0 fully saturated rings. The molecule has 0 rings (SSSR count). The van der Waals surface area contributed by atoms with Crippen molar-refractivity contribution in [1.29, 1.82) is 0 Å². The van der Waals surface area contributed by atoms with E-state index in [4.69, 9.17) is 13.3 Å². The number of alkyl halides is 3. The fourth-order valence-corrected chi connectivity index (χ4v) is 3.55. The summed E-state index contributed by atoms with van der Waals surface area (Å²) in [5.41, 5.74) is -0.593. The molecular formula is C11H27F3O3Si. The molecule has 0 aromatic carbocycles. The highest BCUT2D eigenvalue weighted by molar-refractivity contribution is 6.60. The average Bonchev–Trinajstić information content (AvgIpc) is 2.09. The Balaban J connectivity index is -0.00000112. The van der Waals surface area contributed by atoms with Crippen LogP contribution in [0.1, 0.15) is 42.0 Å². The molecular weight excluding hydrogens is 265 g/mol. The number of hydrogen-bond acceptors (Lipinski definition) is 3. The zero-order valence-electron chi connectivity index (χ0n) is 10.3. The van der Waals surface area contributed by atoms with Crippen LogP contribution in [-0.4, -0.2) is 34.8 Å². The predicted molar refractivity (Wildman–Crippen MR) is 69.6 cm³/mol. The van der Waals surface area contributed by atoms with Crippen LogP contribution in [0.3, 0.4) is 0 Å². The summed E-state index contributed by atoms with van der Waals surface area (Å²) in [6, 6.07) is -0.263. The van der Waals surface area contributed by atoms with Gasteiger partial charge in [0.15, 0.2) is 0 Å². The molecule has 7 heteroatoms. The van der Waals surface area contributed by atoms with Crippen LogP contribution < -0.4 is 0 Å². The van der Waals surface area contributed by atoms with Crippen molar-refractivity contribution in [3.63, 3.8) is 0 Å². The summed E-state index contributed by atoms with van der Waals surface area (Å²) in [5.74, 6) is 0. The van der Waals surface area contributed by atoms with Gasteiger partial charge in [0.2, 0.25) is 0 Å². The highest BCUT2D eigenvalue weighted by Gasteiger charge is 2.45. The molecule has 0 N–H and O–H groups in total. The molecule has 0 aliphatic heterocycles. The van der Waals surface area contributed by atoms with Crippen LogP contribution in [-0.2, 0) is 13.3 Å². The first-order chi connectivity index (χ1) is 7.04. The van der Waals surface area contributed by atoms with E-state index in [2.05, 4.69) is 0 Å². The molecule has 0 bridgehead atoms. The summed E-state index contributed by atoms with van der Waals surface area (Å²) in [6.07, 6.45) is -5.19. The molecule has 0 spiro atoms. The molecule has 0 aromatic heterocycles. The Bertz CT molecular complexity index is 211. The van der Waals surface area contributed by atoms with E-state index in [1.807, 2.05) is 0 Å². The molecule has 0 amide bonds. The number of halogens is 3. The molecule has 0 aliphatic rings. The highest BCUT2D eigenvalue weighted by Crippen LogP contribution is 2.29. The Hall–Kier alpha value is -0.113. The summed E-state index contributed by atoms with van der Waals surface area (Å²) >= 11 is 0. The zero-order valence-corrected chi connectivity index (χ0v) is 11.3. The van der Waals surface area contributed by atoms with Crippen LogP contribution in [0.5, 0.6) is 0 Å². The first-order valence-corrected chi connectivity index (χ1v) is 6.84. The molecule has 0 unspecified atom stereocenters. The lowest BCUT2D eigenvalue weighted by Crippen LogP contribution is -2.49. The lowest BCUT2D eigenvalue weighted by molar-refractivity contribution is -0.133. The monoisotopic (exact) mass is 292 g/mol. The topological polar surface area (TPSA) is 27.7 Å². The van der Waals surface area contributed by atoms with Gasteiger partial charge in [-0.3, -0.25) is 0 Å². The predicted octanol–water partition coefficient (Wildman–Crippen LogP) is 4.26. The largest absolute Gasteiger partial charge is 0.501 e. The fourth-order valence-electron chi connectivity index (χ4n) is 1.18. The third-order valence-electron chi connectivity index (χ3n) is 1.80. The van der Waals surface area contributed by atoms with Crippen LogP contribution in [0, 0.1) is 0 Å². The maximum atomic E-state index is 12.1. The smallest absolute Gasteiger partial charge is 0.377 e. The van der Waals surface area contributed by atoms with Crippen LogP contribution in [0.4, 0.5) is 13.2 Å². The van der Waals surface area contributed by atoms with Crippen molar-refractivity contribution in [2.75, 3.05) is 14.2 Å². The highest BCUT2D eigenvalue weighted by atomic mass is 28.4. The van der Waals surface area contributed by atoms with E-state index >= 15 is 0 Å². The van der Waals surface area contributed by atoms with Crippen LogP contribution in [0.25, 0.3) is 0 Å². The van der Waals surface area contributed by atoms with Gasteiger partial charge in [0.25, 0.3) is 0 Å². The summed E-state index contributed by atoms with van der Waals surface area (Å²) in [5, 5.41) is 0. The van der Waals surface area contributed by atoms with Gasteiger partial charge in [-0.2, -0.15) is 13.2 Å². The van der Waals surface area contributed by atoms with E-state index in [-0.39, 0.29) is 20.9 Å². The van der Waals surface area contributed by atoms with E-state index in [0.29, 0.717) is 0 Å². The summed E-state index contributed by atoms with van der Waals surface area (Å²) in [6.45, 7) is 5.25. The molecule has 0 saturated heterocycles. The summed E-state index contributed by atoms with van der Waals surface area (Å²) < 4.78 is 52.1. The van der Waals surface area contributed by atoms with Crippen molar-refractivity contribution in [1.82, 2.24) is 0 Å². The second-order valence-electron chi connectivity index (χ2n) is 4.42. The van der Waals surface area contributed by atoms with Crippen molar-refractivity contribution < 1.29 is 26.4 Å². The third-order valence-corrected chi connectivity index (χ3v) is 4.83. The van der Waals surface area contributed by atoms with Gasteiger partial charge in [-0.15, -0.1) is 0 Å². The molecule has 18 heavy (non-hydrogen) atoms. The molecule has 114 valence electrons. The Morgan fingerprint density at radius 3 is 1.56 bits per heavy atom. The number of rotatable bonds is 5. The van der Waals surface area contributed by atoms with Gasteiger partial charge >= 0.3 is 15.0 Å². The zero-order chi connectivity index (χ0) is 13.0. The first-order valence-electron chi connectivity index (χ1n) is 4.91. The van der Waals surface area contributed by atoms with E-state index in [0.717, 1.165) is 0 Å². The van der Waals surface area contributed by atoms with Gasteiger partial charge in [0.05, 0.1) is 5.60 Å². The quantitative estimate of drug-likeness (QED) is 0.709. The van der Waals surface area contributed by atoms with Gasteiger partial charge in [-0.25, -0.2) is 0 Å². The summed E-state index contributed by atoms with van der Waals surface area (Å²) in [4.78, 5) is 0. The van der Waals surface area contributed by atoms with Crippen LogP contribution in [0.2, 0.25) is 6.04 Å². The lowest BCUT2D eigenvalue weighted by atomic mass is 10.2. The van der Waals surface area contributed by atoms with Crippen molar-refractivity contribution in [2.24, 2.45) is 0 Å². The van der Waals surface area contributed by atoms with Gasteiger partial charge < -0.3 is 13.3 Å². The Labute approximate surface area is 110 Å². The lowest BCUT2D eigenvalue weighted by Gasteiger charge is -2.33. The summed E-state index contributed by atoms with van der Waals surface area (Å²) in [7, 11) is -0.574. The molecule has 0 saturated carbocycles.